The molecule has 1 aromatic carbocycles. The lowest BCUT2D eigenvalue weighted by Crippen LogP contribution is -2.16. The molecule has 0 unspecified atom stereocenters. The second-order valence-corrected chi connectivity index (χ2v) is 2.96. The molecular formula is C9H13NO4. The van der Waals surface area contributed by atoms with Gasteiger partial charge in [-0.1, -0.05) is 0 Å². The summed E-state index contributed by atoms with van der Waals surface area (Å²) in [4.78, 5) is 0. The third-order valence-electron chi connectivity index (χ3n) is 1.84. The average molecular weight is 199 g/mol. The van der Waals surface area contributed by atoms with Gasteiger partial charge in [0.2, 0.25) is 0 Å². The Morgan fingerprint density at radius 2 is 1.79 bits per heavy atom. The Labute approximate surface area is 81.4 Å². The summed E-state index contributed by atoms with van der Waals surface area (Å²) in [5, 5.41) is 27.9. The monoisotopic (exact) mass is 199 g/mol. The molecular weight excluding hydrogens is 186 g/mol. The minimum atomic E-state index is -0.624. The molecule has 0 fully saturated rings. The largest absolute Gasteiger partial charge is 0.508 e. The van der Waals surface area contributed by atoms with Crippen molar-refractivity contribution >= 4 is 0 Å². The highest BCUT2D eigenvalue weighted by Crippen LogP contribution is 2.35. The first-order valence-corrected chi connectivity index (χ1v) is 4.05. The van der Waals surface area contributed by atoms with Gasteiger partial charge in [-0.05, 0) is 0 Å². The Bertz CT molecular complexity index is 304. The molecule has 5 N–H and O–H groups in total. The predicted octanol–water partition coefficient (Wildman–Crippen LogP) is 0.450. The van der Waals surface area contributed by atoms with Gasteiger partial charge in [0.05, 0.1) is 18.2 Å². The smallest absolute Gasteiger partial charge is 0.127 e. The fourth-order valence-electron chi connectivity index (χ4n) is 1.25. The Kier molecular flexibility index (Phi) is 3.16. The lowest BCUT2D eigenvalue weighted by atomic mass is 10.1. The van der Waals surface area contributed by atoms with Crippen molar-refractivity contribution in [3.05, 3.63) is 17.7 Å². The molecule has 1 rings (SSSR count). The van der Waals surface area contributed by atoms with E-state index < -0.39 is 6.04 Å². The molecule has 78 valence electrons. The highest BCUT2D eigenvalue weighted by molar-refractivity contribution is 5.50. The number of hydrogen-bond acceptors (Lipinski definition) is 5. The van der Waals surface area contributed by atoms with Crippen LogP contribution in [0.25, 0.3) is 0 Å². The summed E-state index contributed by atoms with van der Waals surface area (Å²) in [6, 6.07) is 1.61. The molecule has 0 aliphatic rings. The van der Waals surface area contributed by atoms with Crippen molar-refractivity contribution in [2.24, 2.45) is 5.73 Å². The topological polar surface area (TPSA) is 95.9 Å². The molecule has 1 aromatic rings. The van der Waals surface area contributed by atoms with Gasteiger partial charge in [-0.3, -0.25) is 0 Å². The minimum Gasteiger partial charge on any atom is -0.508 e. The van der Waals surface area contributed by atoms with Crippen LogP contribution in [-0.4, -0.2) is 29.0 Å². The molecule has 0 aliphatic heterocycles. The van der Waals surface area contributed by atoms with Crippen LogP contribution in [0.3, 0.4) is 0 Å². The number of aromatic hydroxyl groups is 3. The van der Waals surface area contributed by atoms with Crippen LogP contribution >= 0.6 is 0 Å². The normalized spacial score (nSPS) is 12.7. The van der Waals surface area contributed by atoms with Gasteiger partial charge in [0.15, 0.2) is 0 Å². The van der Waals surface area contributed by atoms with E-state index in [0.717, 1.165) is 12.1 Å². The van der Waals surface area contributed by atoms with Crippen molar-refractivity contribution in [2.75, 3.05) is 13.7 Å². The van der Waals surface area contributed by atoms with Gasteiger partial charge in [0.25, 0.3) is 0 Å². The van der Waals surface area contributed by atoms with Crippen molar-refractivity contribution < 1.29 is 20.1 Å². The summed E-state index contributed by atoms with van der Waals surface area (Å²) in [5.41, 5.74) is 5.80. The standard InChI is InChI=1S/C9H13NO4/c1-14-4-6(10)9-7(12)2-5(11)3-8(9)13/h2-3,6,11-13H,4,10H2,1H3/t6-/m1/s1. The summed E-state index contributed by atoms with van der Waals surface area (Å²) in [6.45, 7) is 0.173. The Morgan fingerprint density at radius 1 is 1.29 bits per heavy atom. The maximum absolute atomic E-state index is 9.41. The lowest BCUT2D eigenvalue weighted by Gasteiger charge is -2.14. The van der Waals surface area contributed by atoms with Crippen LogP contribution in [0.1, 0.15) is 11.6 Å². The number of benzene rings is 1. The van der Waals surface area contributed by atoms with Gasteiger partial charge >= 0.3 is 0 Å². The van der Waals surface area contributed by atoms with Crippen LogP contribution in [0.5, 0.6) is 17.2 Å². The third kappa shape index (κ3) is 2.07. The van der Waals surface area contributed by atoms with Crippen LogP contribution in [-0.2, 0) is 4.74 Å². The maximum atomic E-state index is 9.41. The van der Waals surface area contributed by atoms with E-state index in [4.69, 9.17) is 15.6 Å². The molecule has 0 bridgehead atoms. The van der Waals surface area contributed by atoms with Crippen LogP contribution in [0.4, 0.5) is 0 Å². The van der Waals surface area contributed by atoms with Crippen molar-refractivity contribution in [1.29, 1.82) is 0 Å². The first-order valence-electron chi connectivity index (χ1n) is 4.05. The van der Waals surface area contributed by atoms with Gasteiger partial charge in [-0.25, -0.2) is 0 Å². The van der Waals surface area contributed by atoms with E-state index in [0.29, 0.717) is 0 Å². The van der Waals surface area contributed by atoms with Gasteiger partial charge in [0.1, 0.15) is 17.2 Å². The second-order valence-electron chi connectivity index (χ2n) is 2.96. The number of rotatable bonds is 3. The SMILES string of the molecule is COC[C@@H](N)c1c(O)cc(O)cc1O. The molecule has 0 aromatic heterocycles. The van der Waals surface area contributed by atoms with E-state index in [1.165, 1.54) is 7.11 Å². The molecule has 0 spiro atoms. The molecule has 0 saturated carbocycles. The number of phenolic OH excluding ortho intramolecular Hbond substituents is 3. The molecule has 5 nitrogen and oxygen atoms in total. The summed E-state index contributed by atoms with van der Waals surface area (Å²) >= 11 is 0. The first-order chi connectivity index (χ1) is 6.56. The molecule has 0 radical (unpaired) electrons. The maximum Gasteiger partial charge on any atom is 0.127 e. The first kappa shape index (κ1) is 10.6. The molecule has 1 atom stereocenters. The summed E-state index contributed by atoms with van der Waals surface area (Å²) in [6.07, 6.45) is 0. The summed E-state index contributed by atoms with van der Waals surface area (Å²) in [5.74, 6) is -0.701. The van der Waals surface area contributed by atoms with Gasteiger partial charge < -0.3 is 25.8 Å². The Morgan fingerprint density at radius 3 is 2.21 bits per heavy atom. The molecule has 5 heteroatoms. The van der Waals surface area contributed by atoms with E-state index in [-0.39, 0.29) is 29.4 Å². The molecule has 0 heterocycles. The number of nitrogens with two attached hydrogens (primary N) is 1. The number of phenols is 3. The Hall–Kier alpha value is -1.46. The highest BCUT2D eigenvalue weighted by Gasteiger charge is 2.16. The third-order valence-corrected chi connectivity index (χ3v) is 1.84. The van der Waals surface area contributed by atoms with Crippen molar-refractivity contribution in [2.45, 2.75) is 6.04 Å². The minimum absolute atomic E-state index is 0.171. The van der Waals surface area contributed by atoms with E-state index in [1.807, 2.05) is 0 Å². The second kappa shape index (κ2) is 4.17. The molecule has 0 saturated heterocycles. The van der Waals surface area contributed by atoms with Crippen LogP contribution < -0.4 is 5.73 Å². The van der Waals surface area contributed by atoms with E-state index in [2.05, 4.69) is 0 Å². The van der Waals surface area contributed by atoms with Crippen molar-refractivity contribution in [3.8, 4) is 17.2 Å². The summed E-state index contributed by atoms with van der Waals surface area (Å²) in [7, 11) is 1.47. The average Bonchev–Trinajstić information content (AvgIpc) is 2.01. The molecule has 14 heavy (non-hydrogen) atoms. The fraction of sp³-hybridized carbons (Fsp3) is 0.333. The van der Waals surface area contributed by atoms with Crippen LogP contribution in [0.15, 0.2) is 12.1 Å². The van der Waals surface area contributed by atoms with E-state index in [9.17, 15) is 10.2 Å². The van der Waals surface area contributed by atoms with Crippen molar-refractivity contribution in [1.82, 2.24) is 0 Å². The molecule has 0 aliphatic carbocycles. The predicted molar refractivity (Wildman–Crippen MR) is 50.2 cm³/mol. The van der Waals surface area contributed by atoms with Crippen molar-refractivity contribution in [3.63, 3.8) is 0 Å². The van der Waals surface area contributed by atoms with Crippen LogP contribution in [0, 0.1) is 0 Å². The van der Waals surface area contributed by atoms with Crippen LogP contribution in [0.2, 0.25) is 0 Å². The number of ether oxygens (including phenoxy) is 1. The zero-order valence-corrected chi connectivity index (χ0v) is 7.77. The highest BCUT2D eigenvalue weighted by atomic mass is 16.5. The van der Waals surface area contributed by atoms with E-state index in [1.54, 1.807) is 0 Å². The van der Waals surface area contributed by atoms with Gasteiger partial charge in [0, 0.05) is 19.2 Å². The Balaban J connectivity index is 3.07. The zero-order chi connectivity index (χ0) is 10.7. The van der Waals surface area contributed by atoms with E-state index >= 15 is 0 Å². The quantitative estimate of drug-likeness (QED) is 0.566. The van der Waals surface area contributed by atoms with Gasteiger partial charge in [-0.15, -0.1) is 0 Å². The van der Waals surface area contributed by atoms with Gasteiger partial charge in [-0.2, -0.15) is 0 Å². The lowest BCUT2D eigenvalue weighted by molar-refractivity contribution is 0.178. The fourth-order valence-corrected chi connectivity index (χ4v) is 1.25. The summed E-state index contributed by atoms with van der Waals surface area (Å²) < 4.78 is 4.79. The zero-order valence-electron chi connectivity index (χ0n) is 7.77. The number of hydrogen-bond donors (Lipinski definition) is 4. The number of methoxy groups -OCH3 is 1. The molecule has 0 amide bonds.